The summed E-state index contributed by atoms with van der Waals surface area (Å²) in [6.07, 6.45) is 0.434. The SMILES string of the molecule is CNC1COCC1C(=O)Cc1cc(C)nn1C. The number of aryl methyl sites for hydroxylation is 2. The van der Waals surface area contributed by atoms with Crippen LogP contribution in [0.15, 0.2) is 6.07 Å². The molecule has 2 rings (SSSR count). The lowest BCUT2D eigenvalue weighted by Crippen LogP contribution is -2.37. The third-order valence-corrected chi connectivity index (χ3v) is 3.32. The van der Waals surface area contributed by atoms with Crippen molar-refractivity contribution in [3.8, 4) is 0 Å². The van der Waals surface area contributed by atoms with Gasteiger partial charge in [0.1, 0.15) is 5.78 Å². The van der Waals surface area contributed by atoms with Crippen molar-refractivity contribution in [3.63, 3.8) is 0 Å². The highest BCUT2D eigenvalue weighted by Crippen LogP contribution is 2.17. The molecule has 1 saturated heterocycles. The molecule has 0 amide bonds. The summed E-state index contributed by atoms with van der Waals surface area (Å²) in [5, 5.41) is 7.38. The molecule has 0 aromatic carbocycles. The van der Waals surface area contributed by atoms with E-state index in [1.165, 1.54) is 0 Å². The van der Waals surface area contributed by atoms with Crippen LogP contribution in [0.25, 0.3) is 0 Å². The Labute approximate surface area is 101 Å². The van der Waals surface area contributed by atoms with Crippen molar-refractivity contribution in [1.29, 1.82) is 0 Å². The molecule has 2 unspecified atom stereocenters. The van der Waals surface area contributed by atoms with E-state index < -0.39 is 0 Å². The number of carbonyl (C=O) groups is 1. The van der Waals surface area contributed by atoms with Gasteiger partial charge >= 0.3 is 0 Å². The fraction of sp³-hybridized carbons (Fsp3) is 0.667. The third kappa shape index (κ3) is 2.56. The van der Waals surface area contributed by atoms with Gasteiger partial charge < -0.3 is 10.1 Å². The van der Waals surface area contributed by atoms with E-state index in [0.29, 0.717) is 19.6 Å². The minimum atomic E-state index is -0.0322. The number of likely N-dealkylation sites (N-methyl/N-ethyl adjacent to an activating group) is 1. The maximum Gasteiger partial charge on any atom is 0.145 e. The molecule has 5 heteroatoms. The van der Waals surface area contributed by atoms with E-state index >= 15 is 0 Å². The zero-order chi connectivity index (χ0) is 12.4. The quantitative estimate of drug-likeness (QED) is 0.805. The summed E-state index contributed by atoms with van der Waals surface area (Å²) in [6, 6.07) is 2.11. The Morgan fingerprint density at radius 1 is 1.65 bits per heavy atom. The van der Waals surface area contributed by atoms with Gasteiger partial charge in [-0.1, -0.05) is 0 Å². The van der Waals surface area contributed by atoms with Gasteiger partial charge in [0, 0.05) is 25.2 Å². The minimum absolute atomic E-state index is 0.0322. The van der Waals surface area contributed by atoms with Gasteiger partial charge in [-0.3, -0.25) is 9.48 Å². The van der Waals surface area contributed by atoms with E-state index in [0.717, 1.165) is 11.4 Å². The van der Waals surface area contributed by atoms with Crippen molar-refractivity contribution < 1.29 is 9.53 Å². The number of hydrogen-bond donors (Lipinski definition) is 1. The number of carbonyl (C=O) groups excluding carboxylic acids is 1. The summed E-state index contributed by atoms with van der Waals surface area (Å²) < 4.78 is 7.12. The maximum atomic E-state index is 12.2. The zero-order valence-corrected chi connectivity index (χ0v) is 10.6. The van der Waals surface area contributed by atoms with Crippen molar-refractivity contribution in [2.45, 2.75) is 19.4 Å². The van der Waals surface area contributed by atoms with Gasteiger partial charge in [-0.2, -0.15) is 5.10 Å². The first-order chi connectivity index (χ1) is 8.11. The highest BCUT2D eigenvalue weighted by molar-refractivity contribution is 5.84. The Bertz CT molecular complexity index is 414. The average molecular weight is 237 g/mol. The number of rotatable bonds is 4. The number of ketones is 1. The number of nitrogens with one attached hydrogen (secondary N) is 1. The van der Waals surface area contributed by atoms with Gasteiger partial charge in [0.2, 0.25) is 0 Å². The van der Waals surface area contributed by atoms with Gasteiger partial charge in [-0.25, -0.2) is 0 Å². The van der Waals surface area contributed by atoms with E-state index in [2.05, 4.69) is 10.4 Å². The van der Waals surface area contributed by atoms with E-state index in [9.17, 15) is 4.79 Å². The Morgan fingerprint density at radius 3 is 3.00 bits per heavy atom. The first-order valence-corrected chi connectivity index (χ1v) is 5.89. The van der Waals surface area contributed by atoms with E-state index in [1.807, 2.05) is 27.1 Å². The monoisotopic (exact) mass is 237 g/mol. The molecule has 1 aromatic heterocycles. The molecule has 2 atom stereocenters. The number of aromatic nitrogens is 2. The van der Waals surface area contributed by atoms with E-state index in [4.69, 9.17) is 4.74 Å². The molecular weight excluding hydrogens is 218 g/mol. The molecule has 2 heterocycles. The van der Waals surface area contributed by atoms with Crippen molar-refractivity contribution in [3.05, 3.63) is 17.5 Å². The number of hydrogen-bond acceptors (Lipinski definition) is 4. The first-order valence-electron chi connectivity index (χ1n) is 5.89. The molecule has 1 aliphatic heterocycles. The Balaban J connectivity index is 2.04. The largest absolute Gasteiger partial charge is 0.379 e. The van der Waals surface area contributed by atoms with Crippen LogP contribution in [0.2, 0.25) is 0 Å². The van der Waals surface area contributed by atoms with Crippen LogP contribution in [0.1, 0.15) is 11.4 Å². The van der Waals surface area contributed by atoms with Crippen LogP contribution in [-0.2, 0) is 23.0 Å². The van der Waals surface area contributed by atoms with E-state index in [1.54, 1.807) is 4.68 Å². The van der Waals surface area contributed by atoms with Crippen LogP contribution in [0.3, 0.4) is 0 Å². The minimum Gasteiger partial charge on any atom is -0.379 e. The average Bonchev–Trinajstić information content (AvgIpc) is 2.85. The Kier molecular flexibility index (Phi) is 3.59. The summed E-state index contributed by atoms with van der Waals surface area (Å²) in [5.74, 6) is 0.194. The Morgan fingerprint density at radius 2 is 2.41 bits per heavy atom. The molecule has 1 fully saturated rings. The summed E-state index contributed by atoms with van der Waals surface area (Å²) in [4.78, 5) is 12.2. The van der Waals surface area contributed by atoms with Crippen LogP contribution in [-0.4, -0.2) is 41.9 Å². The molecule has 1 aromatic rings. The van der Waals surface area contributed by atoms with Gasteiger partial charge in [-0.05, 0) is 20.0 Å². The second-order valence-electron chi connectivity index (χ2n) is 4.58. The standard InChI is InChI=1S/C12H19N3O2/c1-8-4-9(15(3)14-8)5-12(16)10-6-17-7-11(10)13-2/h4,10-11,13H,5-7H2,1-3H3. The second kappa shape index (κ2) is 4.98. The van der Waals surface area contributed by atoms with Crippen LogP contribution in [0.5, 0.6) is 0 Å². The summed E-state index contributed by atoms with van der Waals surface area (Å²) in [6.45, 7) is 3.08. The van der Waals surface area contributed by atoms with Crippen molar-refractivity contribution >= 4 is 5.78 Å². The highest BCUT2D eigenvalue weighted by Gasteiger charge is 2.32. The van der Waals surface area contributed by atoms with Crippen molar-refractivity contribution in [2.24, 2.45) is 13.0 Å². The van der Waals surface area contributed by atoms with Crippen molar-refractivity contribution in [2.75, 3.05) is 20.3 Å². The molecule has 0 aliphatic carbocycles. The molecule has 5 nitrogen and oxygen atoms in total. The highest BCUT2D eigenvalue weighted by atomic mass is 16.5. The van der Waals surface area contributed by atoms with E-state index in [-0.39, 0.29) is 17.7 Å². The predicted octanol–water partition coefficient (Wildman–Crippen LogP) is 0.0745. The second-order valence-corrected chi connectivity index (χ2v) is 4.58. The van der Waals surface area contributed by atoms with Crippen molar-refractivity contribution in [1.82, 2.24) is 15.1 Å². The smallest absolute Gasteiger partial charge is 0.145 e. The molecule has 0 radical (unpaired) electrons. The Hall–Kier alpha value is -1.20. The van der Waals surface area contributed by atoms with Crippen LogP contribution in [0, 0.1) is 12.8 Å². The first kappa shape index (κ1) is 12.3. The molecule has 94 valence electrons. The lowest BCUT2D eigenvalue weighted by atomic mass is 9.95. The molecule has 17 heavy (non-hydrogen) atoms. The molecule has 1 N–H and O–H groups in total. The van der Waals surface area contributed by atoms with Gasteiger partial charge in [0.25, 0.3) is 0 Å². The molecule has 1 aliphatic rings. The maximum absolute atomic E-state index is 12.2. The number of ether oxygens (including phenoxy) is 1. The van der Waals surface area contributed by atoms with Crippen LogP contribution >= 0.6 is 0 Å². The van der Waals surface area contributed by atoms with Gasteiger partial charge in [-0.15, -0.1) is 0 Å². The normalized spacial score (nSPS) is 24.2. The number of nitrogens with zero attached hydrogens (tertiary/aromatic N) is 2. The topological polar surface area (TPSA) is 56.1 Å². The zero-order valence-electron chi connectivity index (χ0n) is 10.6. The molecule has 0 spiro atoms. The summed E-state index contributed by atoms with van der Waals surface area (Å²) in [7, 11) is 3.74. The predicted molar refractivity (Wildman–Crippen MR) is 63.8 cm³/mol. The fourth-order valence-corrected chi connectivity index (χ4v) is 2.30. The summed E-state index contributed by atoms with van der Waals surface area (Å²) in [5.41, 5.74) is 1.91. The fourth-order valence-electron chi connectivity index (χ4n) is 2.30. The van der Waals surface area contributed by atoms with Gasteiger partial charge in [0.05, 0.1) is 24.8 Å². The molecule has 0 bridgehead atoms. The van der Waals surface area contributed by atoms with Crippen LogP contribution < -0.4 is 5.32 Å². The molecular formula is C12H19N3O2. The number of Topliss-reactive ketones (excluding diaryl/α,β-unsaturated/α-hetero) is 1. The third-order valence-electron chi connectivity index (χ3n) is 3.32. The summed E-state index contributed by atoms with van der Waals surface area (Å²) >= 11 is 0. The molecule has 0 saturated carbocycles. The lowest BCUT2D eigenvalue weighted by Gasteiger charge is -2.15. The van der Waals surface area contributed by atoms with Gasteiger partial charge in [0.15, 0.2) is 0 Å². The lowest BCUT2D eigenvalue weighted by molar-refractivity contribution is -0.122. The van der Waals surface area contributed by atoms with Crippen LogP contribution in [0.4, 0.5) is 0 Å².